The van der Waals surface area contributed by atoms with Gasteiger partial charge < -0.3 is 14.8 Å². The summed E-state index contributed by atoms with van der Waals surface area (Å²) in [6, 6.07) is 1.69. The van der Waals surface area contributed by atoms with Crippen LogP contribution in [0.5, 0.6) is 0 Å². The predicted octanol–water partition coefficient (Wildman–Crippen LogP) is 2.57. The molecule has 122 valence electrons. The summed E-state index contributed by atoms with van der Waals surface area (Å²) in [5.74, 6) is -2.10. The zero-order valence-corrected chi connectivity index (χ0v) is 12.9. The van der Waals surface area contributed by atoms with E-state index in [9.17, 15) is 18.4 Å². The maximum atomic E-state index is 13.6. The van der Waals surface area contributed by atoms with Gasteiger partial charge in [-0.15, -0.1) is 0 Å². The van der Waals surface area contributed by atoms with Crippen molar-refractivity contribution >= 4 is 12.1 Å². The average molecular weight is 315 g/mol. The van der Waals surface area contributed by atoms with E-state index >= 15 is 0 Å². The highest BCUT2D eigenvalue weighted by atomic mass is 19.1. The monoisotopic (exact) mass is 315 g/mol. The second-order valence-electron chi connectivity index (χ2n) is 5.66. The number of ether oxygens (including phenoxy) is 2. The SMILES string of the molecule is COC(=O)[C@@H](Cc1cc(F)ccc1F)NC(=O)OC(C)(C)C. The quantitative estimate of drug-likeness (QED) is 0.867. The van der Waals surface area contributed by atoms with Gasteiger partial charge in [0.2, 0.25) is 0 Å². The Morgan fingerprint density at radius 3 is 2.45 bits per heavy atom. The van der Waals surface area contributed by atoms with Gasteiger partial charge in [-0.25, -0.2) is 18.4 Å². The molecule has 1 rings (SSSR count). The third-order valence-corrected chi connectivity index (χ3v) is 2.61. The van der Waals surface area contributed by atoms with Crippen molar-refractivity contribution in [2.45, 2.75) is 38.8 Å². The zero-order chi connectivity index (χ0) is 16.9. The molecule has 1 aromatic carbocycles. The first kappa shape index (κ1) is 17.9. The molecule has 5 nitrogen and oxygen atoms in total. The van der Waals surface area contributed by atoms with E-state index in [1.807, 2.05) is 0 Å². The Morgan fingerprint density at radius 1 is 1.27 bits per heavy atom. The number of hydrogen-bond donors (Lipinski definition) is 1. The average Bonchev–Trinajstić information content (AvgIpc) is 2.39. The maximum Gasteiger partial charge on any atom is 0.408 e. The molecule has 0 aliphatic carbocycles. The predicted molar refractivity (Wildman–Crippen MR) is 75.2 cm³/mol. The number of amides is 1. The van der Waals surface area contributed by atoms with Gasteiger partial charge in [0.05, 0.1) is 7.11 Å². The van der Waals surface area contributed by atoms with Crippen LogP contribution in [-0.2, 0) is 20.7 Å². The van der Waals surface area contributed by atoms with Gasteiger partial charge in [0.1, 0.15) is 23.3 Å². The number of esters is 1. The summed E-state index contributed by atoms with van der Waals surface area (Å²) < 4.78 is 36.4. The Bertz CT molecular complexity index is 555. The van der Waals surface area contributed by atoms with Crippen molar-refractivity contribution in [3.63, 3.8) is 0 Å². The molecule has 1 N–H and O–H groups in total. The Kier molecular flexibility index (Phi) is 5.84. The number of rotatable bonds is 4. The number of carbonyl (C=O) groups is 2. The Hall–Kier alpha value is -2.18. The molecular weight excluding hydrogens is 296 g/mol. The van der Waals surface area contributed by atoms with Crippen molar-refractivity contribution in [1.29, 1.82) is 0 Å². The minimum atomic E-state index is -1.18. The van der Waals surface area contributed by atoms with E-state index in [-0.39, 0.29) is 12.0 Å². The zero-order valence-electron chi connectivity index (χ0n) is 12.9. The number of benzene rings is 1. The van der Waals surface area contributed by atoms with Crippen LogP contribution in [0.15, 0.2) is 18.2 Å². The first-order valence-corrected chi connectivity index (χ1v) is 6.63. The first-order valence-electron chi connectivity index (χ1n) is 6.63. The molecule has 0 spiro atoms. The highest BCUT2D eigenvalue weighted by Gasteiger charge is 2.26. The third kappa shape index (κ3) is 5.67. The molecule has 0 aliphatic rings. The molecule has 0 heterocycles. The van der Waals surface area contributed by atoms with Gasteiger partial charge in [0.15, 0.2) is 0 Å². The lowest BCUT2D eigenvalue weighted by Crippen LogP contribution is -2.45. The van der Waals surface area contributed by atoms with E-state index in [0.717, 1.165) is 25.3 Å². The lowest BCUT2D eigenvalue weighted by atomic mass is 10.1. The molecule has 0 unspecified atom stereocenters. The highest BCUT2D eigenvalue weighted by Crippen LogP contribution is 2.13. The smallest absolute Gasteiger partial charge is 0.408 e. The second-order valence-corrected chi connectivity index (χ2v) is 5.66. The summed E-state index contributed by atoms with van der Waals surface area (Å²) in [4.78, 5) is 23.4. The molecule has 0 fully saturated rings. The normalized spacial score (nSPS) is 12.5. The molecule has 0 aliphatic heterocycles. The van der Waals surface area contributed by atoms with E-state index in [4.69, 9.17) is 4.74 Å². The second kappa shape index (κ2) is 7.20. The topological polar surface area (TPSA) is 64.6 Å². The summed E-state index contributed by atoms with van der Waals surface area (Å²) in [6.45, 7) is 4.98. The van der Waals surface area contributed by atoms with Gasteiger partial charge in [-0.3, -0.25) is 0 Å². The minimum Gasteiger partial charge on any atom is -0.467 e. The van der Waals surface area contributed by atoms with Crippen LogP contribution in [0.2, 0.25) is 0 Å². The van der Waals surface area contributed by atoms with Gasteiger partial charge in [0.25, 0.3) is 0 Å². The van der Waals surface area contributed by atoms with Crippen molar-refractivity contribution < 1.29 is 27.8 Å². The minimum absolute atomic E-state index is 0.0496. The fourth-order valence-corrected chi connectivity index (χ4v) is 1.71. The van der Waals surface area contributed by atoms with Crippen LogP contribution < -0.4 is 5.32 Å². The molecule has 0 radical (unpaired) electrons. The van der Waals surface area contributed by atoms with Gasteiger partial charge in [-0.1, -0.05) is 0 Å². The van der Waals surface area contributed by atoms with Crippen LogP contribution in [0.3, 0.4) is 0 Å². The first-order chi connectivity index (χ1) is 10.1. The molecule has 0 saturated heterocycles. The molecule has 7 heteroatoms. The molecule has 1 atom stereocenters. The summed E-state index contributed by atoms with van der Waals surface area (Å²) >= 11 is 0. The van der Waals surface area contributed by atoms with Crippen molar-refractivity contribution in [1.82, 2.24) is 5.32 Å². The number of nitrogens with one attached hydrogen (secondary N) is 1. The van der Waals surface area contributed by atoms with Crippen LogP contribution >= 0.6 is 0 Å². The molecule has 0 bridgehead atoms. The van der Waals surface area contributed by atoms with Crippen LogP contribution in [0.25, 0.3) is 0 Å². The summed E-state index contributed by atoms with van der Waals surface area (Å²) in [6.07, 6.45) is -1.10. The molecular formula is C15H19F2NO4. The fraction of sp³-hybridized carbons (Fsp3) is 0.467. The van der Waals surface area contributed by atoms with Crippen LogP contribution in [-0.4, -0.2) is 30.8 Å². The van der Waals surface area contributed by atoms with Crippen LogP contribution in [0.1, 0.15) is 26.3 Å². The summed E-state index contributed by atoms with van der Waals surface area (Å²) in [5, 5.41) is 2.29. The van der Waals surface area contributed by atoms with Crippen LogP contribution in [0.4, 0.5) is 13.6 Å². The van der Waals surface area contributed by atoms with Crippen molar-refractivity contribution in [2.24, 2.45) is 0 Å². The maximum absolute atomic E-state index is 13.6. The Balaban J connectivity index is 2.87. The van der Waals surface area contributed by atoms with Gasteiger partial charge >= 0.3 is 12.1 Å². The molecule has 1 amide bonds. The number of hydrogen-bond acceptors (Lipinski definition) is 4. The van der Waals surface area contributed by atoms with Gasteiger partial charge in [-0.2, -0.15) is 0 Å². The van der Waals surface area contributed by atoms with E-state index in [1.54, 1.807) is 20.8 Å². The van der Waals surface area contributed by atoms with Gasteiger partial charge in [-0.05, 0) is 44.5 Å². The molecule has 0 aromatic heterocycles. The highest BCUT2D eigenvalue weighted by molar-refractivity contribution is 5.81. The lowest BCUT2D eigenvalue weighted by molar-refractivity contribution is -0.143. The summed E-state index contributed by atoms with van der Waals surface area (Å²) in [7, 11) is 1.13. The molecule has 22 heavy (non-hydrogen) atoms. The van der Waals surface area contributed by atoms with Crippen molar-refractivity contribution in [2.75, 3.05) is 7.11 Å². The van der Waals surface area contributed by atoms with Gasteiger partial charge in [0, 0.05) is 6.42 Å². The van der Waals surface area contributed by atoms with E-state index < -0.39 is 35.3 Å². The Labute approximate surface area is 127 Å². The van der Waals surface area contributed by atoms with E-state index in [0.29, 0.717) is 0 Å². The third-order valence-electron chi connectivity index (χ3n) is 2.61. The number of carbonyl (C=O) groups excluding carboxylic acids is 2. The fourth-order valence-electron chi connectivity index (χ4n) is 1.71. The van der Waals surface area contributed by atoms with E-state index in [1.165, 1.54) is 0 Å². The standard InChI is InChI=1S/C15H19F2NO4/c1-15(2,3)22-14(20)18-12(13(19)21-4)8-9-7-10(16)5-6-11(9)17/h5-7,12H,8H2,1-4H3,(H,18,20)/t12-/m1/s1. The van der Waals surface area contributed by atoms with Crippen molar-refractivity contribution in [3.8, 4) is 0 Å². The summed E-state index contributed by atoms with van der Waals surface area (Å²) in [5.41, 5.74) is -0.805. The van der Waals surface area contributed by atoms with Crippen molar-refractivity contribution in [3.05, 3.63) is 35.4 Å². The number of methoxy groups -OCH3 is 1. The van der Waals surface area contributed by atoms with E-state index in [2.05, 4.69) is 10.1 Å². The lowest BCUT2D eigenvalue weighted by Gasteiger charge is -2.22. The molecule has 0 saturated carbocycles. The largest absolute Gasteiger partial charge is 0.467 e. The number of alkyl carbamates (subject to hydrolysis) is 1. The Morgan fingerprint density at radius 2 is 1.91 bits per heavy atom. The molecule has 1 aromatic rings. The van der Waals surface area contributed by atoms with Crippen LogP contribution in [0, 0.1) is 11.6 Å². The number of halogens is 2.